The van der Waals surface area contributed by atoms with Gasteiger partial charge >= 0.3 is 0 Å². The Morgan fingerprint density at radius 3 is 2.67 bits per heavy atom. The number of hydrogen-bond acceptors (Lipinski definition) is 3. The minimum absolute atomic E-state index is 0.330. The lowest BCUT2D eigenvalue weighted by Gasteiger charge is -2.08. The molecule has 0 atom stereocenters. The average molecular weight is 293 g/mol. The zero-order chi connectivity index (χ0) is 14.2. The molecule has 3 heteroatoms. The molecule has 104 valence electrons. The summed E-state index contributed by atoms with van der Waals surface area (Å²) in [6.07, 6.45) is 3.48. The minimum Gasteiger partial charge on any atom is -0.507 e. The van der Waals surface area contributed by atoms with Gasteiger partial charge in [-0.3, -0.25) is 0 Å². The molecule has 0 saturated heterocycles. The Labute approximate surface area is 127 Å². The fourth-order valence-electron chi connectivity index (χ4n) is 2.91. The molecule has 0 aliphatic heterocycles. The lowest BCUT2D eigenvalue weighted by Crippen LogP contribution is -1.90. The first-order valence-corrected chi connectivity index (χ1v) is 8.00. The fourth-order valence-corrected chi connectivity index (χ4v) is 3.86. The van der Waals surface area contributed by atoms with Gasteiger partial charge in [-0.2, -0.15) is 0 Å². The van der Waals surface area contributed by atoms with E-state index in [2.05, 4.69) is 12.1 Å². The van der Waals surface area contributed by atoms with E-state index in [0.717, 1.165) is 33.5 Å². The molecule has 1 aliphatic carbocycles. The number of nitrogens with zero attached hydrogens (tertiary/aromatic N) is 1. The van der Waals surface area contributed by atoms with E-state index in [1.54, 1.807) is 17.8 Å². The van der Waals surface area contributed by atoms with Crippen LogP contribution in [0, 0.1) is 0 Å². The number of fused-ring (bicyclic) bond motifs is 2. The Balaban J connectivity index is 1.76. The molecule has 2 aromatic carbocycles. The number of benzene rings is 2. The van der Waals surface area contributed by atoms with E-state index in [1.807, 2.05) is 30.3 Å². The van der Waals surface area contributed by atoms with Crippen LogP contribution in [0.1, 0.15) is 17.7 Å². The molecule has 0 unspecified atom stereocenters. The highest BCUT2D eigenvalue weighted by atomic mass is 32.2. The Hall–Kier alpha value is -2.00. The zero-order valence-corrected chi connectivity index (χ0v) is 12.4. The van der Waals surface area contributed by atoms with Crippen molar-refractivity contribution in [3.63, 3.8) is 0 Å². The lowest BCUT2D eigenvalue weighted by atomic mass is 10.1. The van der Waals surface area contributed by atoms with E-state index in [1.165, 1.54) is 17.7 Å². The summed E-state index contributed by atoms with van der Waals surface area (Å²) in [5, 5.41) is 13.0. The van der Waals surface area contributed by atoms with Crippen molar-refractivity contribution >= 4 is 22.5 Å². The molecule has 3 aromatic rings. The quantitative estimate of drug-likeness (QED) is 0.750. The van der Waals surface area contributed by atoms with Crippen LogP contribution in [-0.2, 0) is 12.8 Å². The normalized spacial score (nSPS) is 13.5. The number of aromatic nitrogens is 1. The number of aryl methyl sites for hydroxylation is 2. The Kier molecular flexibility index (Phi) is 3.08. The maximum absolute atomic E-state index is 9.96. The third kappa shape index (κ3) is 2.28. The lowest BCUT2D eigenvalue weighted by molar-refractivity contribution is 0.481. The molecule has 2 nitrogen and oxygen atoms in total. The van der Waals surface area contributed by atoms with Crippen LogP contribution >= 0.6 is 11.8 Å². The summed E-state index contributed by atoms with van der Waals surface area (Å²) < 4.78 is 0. The first-order chi connectivity index (χ1) is 10.3. The Morgan fingerprint density at radius 1 is 0.905 bits per heavy atom. The van der Waals surface area contributed by atoms with Crippen molar-refractivity contribution in [1.82, 2.24) is 4.98 Å². The van der Waals surface area contributed by atoms with Crippen molar-refractivity contribution in [2.45, 2.75) is 29.2 Å². The number of phenols is 1. The SMILES string of the molecule is Oc1ccc(Sc2ccc3c(n2)CCC3)c2ccccc12. The number of phenolic OH excluding ortho intramolecular Hbond substituents is 1. The highest BCUT2D eigenvalue weighted by molar-refractivity contribution is 7.99. The van der Waals surface area contributed by atoms with Crippen LogP contribution in [0.25, 0.3) is 10.8 Å². The van der Waals surface area contributed by atoms with Crippen LogP contribution in [-0.4, -0.2) is 10.1 Å². The van der Waals surface area contributed by atoms with Gasteiger partial charge in [0.15, 0.2) is 0 Å². The molecule has 0 saturated carbocycles. The topological polar surface area (TPSA) is 33.1 Å². The molecule has 1 N–H and O–H groups in total. The zero-order valence-electron chi connectivity index (χ0n) is 11.5. The third-order valence-corrected chi connectivity index (χ3v) is 4.99. The molecule has 1 aromatic heterocycles. The maximum atomic E-state index is 9.96. The second-order valence-electron chi connectivity index (χ2n) is 5.34. The summed E-state index contributed by atoms with van der Waals surface area (Å²) in [4.78, 5) is 5.91. The molecule has 21 heavy (non-hydrogen) atoms. The molecular formula is C18H15NOS. The van der Waals surface area contributed by atoms with Gasteiger partial charge in [0.1, 0.15) is 10.8 Å². The van der Waals surface area contributed by atoms with Crippen molar-refractivity contribution in [1.29, 1.82) is 0 Å². The molecule has 1 aliphatic rings. The van der Waals surface area contributed by atoms with Crippen LogP contribution < -0.4 is 0 Å². The van der Waals surface area contributed by atoms with Crippen molar-refractivity contribution in [2.24, 2.45) is 0 Å². The van der Waals surface area contributed by atoms with Crippen LogP contribution in [0.15, 0.2) is 58.5 Å². The largest absolute Gasteiger partial charge is 0.507 e. The predicted molar refractivity (Wildman–Crippen MR) is 86.0 cm³/mol. The summed E-state index contributed by atoms with van der Waals surface area (Å²) in [6, 6.07) is 16.0. The maximum Gasteiger partial charge on any atom is 0.123 e. The van der Waals surface area contributed by atoms with Crippen LogP contribution in [0.2, 0.25) is 0 Å². The second-order valence-corrected chi connectivity index (χ2v) is 6.40. The smallest absolute Gasteiger partial charge is 0.123 e. The Bertz CT molecular complexity index is 829. The van der Waals surface area contributed by atoms with E-state index in [4.69, 9.17) is 4.98 Å². The van der Waals surface area contributed by atoms with Crippen molar-refractivity contribution in [3.8, 4) is 5.75 Å². The summed E-state index contributed by atoms with van der Waals surface area (Å²) in [6.45, 7) is 0. The van der Waals surface area contributed by atoms with E-state index >= 15 is 0 Å². The standard InChI is InChI=1S/C18H15NOS/c20-16-9-10-17(14-6-2-1-5-13(14)16)21-18-11-8-12-4-3-7-15(12)19-18/h1-2,5-6,8-11,20H,3-4,7H2. The molecular weight excluding hydrogens is 278 g/mol. The second kappa shape index (κ2) is 5.08. The van der Waals surface area contributed by atoms with Gasteiger partial charge in [0.2, 0.25) is 0 Å². The highest BCUT2D eigenvalue weighted by Crippen LogP contribution is 2.37. The van der Waals surface area contributed by atoms with Gasteiger partial charge in [-0.25, -0.2) is 4.98 Å². The predicted octanol–water partition coefficient (Wildman–Crippen LogP) is 4.58. The Morgan fingerprint density at radius 2 is 1.76 bits per heavy atom. The number of rotatable bonds is 2. The van der Waals surface area contributed by atoms with E-state index in [9.17, 15) is 5.11 Å². The summed E-state index contributed by atoms with van der Waals surface area (Å²) in [5.41, 5.74) is 2.65. The molecule has 1 heterocycles. The van der Waals surface area contributed by atoms with Crippen molar-refractivity contribution < 1.29 is 5.11 Å². The fraction of sp³-hybridized carbons (Fsp3) is 0.167. The van der Waals surface area contributed by atoms with Crippen LogP contribution in [0.3, 0.4) is 0 Å². The van der Waals surface area contributed by atoms with Gasteiger partial charge in [-0.05, 0) is 48.4 Å². The van der Waals surface area contributed by atoms with Gasteiger partial charge in [-0.1, -0.05) is 42.1 Å². The number of hydrogen-bond donors (Lipinski definition) is 1. The summed E-state index contributed by atoms with van der Waals surface area (Å²) in [7, 11) is 0. The molecule has 4 rings (SSSR count). The summed E-state index contributed by atoms with van der Waals surface area (Å²) in [5.74, 6) is 0.330. The van der Waals surface area contributed by atoms with Gasteiger partial charge < -0.3 is 5.11 Å². The number of aromatic hydroxyl groups is 1. The summed E-state index contributed by atoms with van der Waals surface area (Å²) >= 11 is 1.67. The van der Waals surface area contributed by atoms with Gasteiger partial charge in [0.05, 0.1) is 0 Å². The number of pyridine rings is 1. The molecule has 0 fully saturated rings. The molecule has 0 bridgehead atoms. The average Bonchev–Trinajstić information content (AvgIpc) is 2.98. The van der Waals surface area contributed by atoms with E-state index in [0.29, 0.717) is 5.75 Å². The third-order valence-electron chi connectivity index (χ3n) is 3.98. The van der Waals surface area contributed by atoms with Gasteiger partial charge in [0.25, 0.3) is 0 Å². The van der Waals surface area contributed by atoms with Gasteiger partial charge in [0, 0.05) is 16.0 Å². The van der Waals surface area contributed by atoms with Crippen LogP contribution in [0.5, 0.6) is 5.75 Å². The minimum atomic E-state index is 0.330. The van der Waals surface area contributed by atoms with Gasteiger partial charge in [-0.15, -0.1) is 0 Å². The monoisotopic (exact) mass is 293 g/mol. The van der Waals surface area contributed by atoms with E-state index < -0.39 is 0 Å². The van der Waals surface area contributed by atoms with Crippen LogP contribution in [0.4, 0.5) is 0 Å². The molecule has 0 amide bonds. The first kappa shape index (κ1) is 12.7. The molecule has 0 spiro atoms. The van der Waals surface area contributed by atoms with Crippen molar-refractivity contribution in [2.75, 3.05) is 0 Å². The van der Waals surface area contributed by atoms with E-state index in [-0.39, 0.29) is 0 Å². The molecule has 0 radical (unpaired) electrons. The van der Waals surface area contributed by atoms with Crippen molar-refractivity contribution in [3.05, 3.63) is 59.8 Å². The highest BCUT2D eigenvalue weighted by Gasteiger charge is 2.13. The first-order valence-electron chi connectivity index (χ1n) is 7.18.